The largest absolute Gasteiger partial charge is 0.471 e. The maximum absolute atomic E-state index is 13.7. The quantitative estimate of drug-likeness (QED) is 0.491. The summed E-state index contributed by atoms with van der Waals surface area (Å²) in [6, 6.07) is 6.59. The molecule has 4 rings (SSSR count). The van der Waals surface area contributed by atoms with Gasteiger partial charge in [0.05, 0.1) is 12.1 Å². The molecule has 1 aromatic heterocycles. The Morgan fingerprint density at radius 1 is 1.31 bits per heavy atom. The highest BCUT2D eigenvalue weighted by molar-refractivity contribution is 6.32. The number of halogens is 1. The molecule has 2 aliphatic rings. The van der Waals surface area contributed by atoms with Crippen molar-refractivity contribution in [3.05, 3.63) is 53.0 Å². The third-order valence-corrected chi connectivity index (χ3v) is 7.30. The summed E-state index contributed by atoms with van der Waals surface area (Å²) in [5.41, 5.74) is 3.58. The van der Waals surface area contributed by atoms with Crippen LogP contribution in [0.25, 0.3) is 0 Å². The summed E-state index contributed by atoms with van der Waals surface area (Å²) in [4.78, 5) is 16.6. The Morgan fingerprint density at radius 3 is 2.67 bits per heavy atom. The van der Waals surface area contributed by atoms with Crippen molar-refractivity contribution in [1.82, 2.24) is 15.6 Å². The first kappa shape index (κ1) is 26.6. The van der Waals surface area contributed by atoms with Gasteiger partial charge in [-0.25, -0.2) is 9.37 Å². The molecule has 0 unspecified atom stereocenters. The molecule has 6 nitrogen and oxygen atoms in total. The molecule has 0 radical (unpaired) electrons. The Labute approximate surface area is 214 Å². The van der Waals surface area contributed by atoms with Crippen LogP contribution in [0, 0.1) is 11.2 Å². The number of hydrogen-bond donors (Lipinski definition) is 3. The topological polar surface area (TPSA) is 83.5 Å². The number of benzene rings is 1. The number of aromatic nitrogens is 1. The fourth-order valence-electron chi connectivity index (χ4n) is 5.38. The number of pyridine rings is 1. The van der Waals surface area contributed by atoms with Crippen LogP contribution in [0.1, 0.15) is 76.1 Å². The number of ether oxygens (including phenoxy) is 1. The van der Waals surface area contributed by atoms with Crippen molar-refractivity contribution in [1.29, 1.82) is 0 Å². The molecule has 1 aliphatic heterocycles. The zero-order valence-electron chi connectivity index (χ0n) is 22.2. The number of amides is 1. The Hall–Kier alpha value is -2.45. The average Bonchev–Trinajstić information content (AvgIpc) is 2.76. The van der Waals surface area contributed by atoms with Crippen molar-refractivity contribution in [3.8, 4) is 5.88 Å². The molecule has 0 saturated heterocycles. The smallest absolute Gasteiger partial charge is 0.218 e. The standard InChI is InChI=1S/C28H39BFN3O3/c1-17(34)33-23(12-18-6-7-22(30)21(29)11-18)25(35)16-31-24-14-28(8-5-9-28)36-26-20(24)10-19(15-32-26)13-27(2,3)4/h6-7,10-11,15,23-25,31,35H,5,8-9,12-14,16,29H2,1-4H3,(H,33,34)/t23-,24-,25+/m0/s1. The molecule has 3 N–H and O–H groups in total. The minimum absolute atomic E-state index is 0.00200. The lowest BCUT2D eigenvalue weighted by atomic mass is 9.73. The van der Waals surface area contributed by atoms with Gasteiger partial charge in [0.1, 0.15) is 19.3 Å². The molecule has 2 aromatic rings. The molecule has 2 heterocycles. The Kier molecular flexibility index (Phi) is 7.76. The third kappa shape index (κ3) is 6.46. The van der Waals surface area contributed by atoms with E-state index in [4.69, 9.17) is 9.72 Å². The second-order valence-electron chi connectivity index (χ2n) is 11.9. The van der Waals surface area contributed by atoms with Crippen LogP contribution in [0.2, 0.25) is 0 Å². The van der Waals surface area contributed by atoms with E-state index in [1.165, 1.54) is 18.6 Å². The van der Waals surface area contributed by atoms with E-state index in [1.807, 2.05) is 6.20 Å². The van der Waals surface area contributed by atoms with Crippen LogP contribution >= 0.6 is 0 Å². The summed E-state index contributed by atoms with van der Waals surface area (Å²) in [6.45, 7) is 8.38. The second-order valence-corrected chi connectivity index (χ2v) is 11.9. The molecule has 1 aromatic carbocycles. The number of carbonyl (C=O) groups excluding carboxylic acids is 1. The van der Waals surface area contributed by atoms with E-state index in [1.54, 1.807) is 20.0 Å². The van der Waals surface area contributed by atoms with Gasteiger partial charge < -0.3 is 20.5 Å². The van der Waals surface area contributed by atoms with Gasteiger partial charge in [-0.15, -0.1) is 0 Å². The lowest BCUT2D eigenvalue weighted by molar-refractivity contribution is -0.120. The molecule has 8 heteroatoms. The molecule has 1 amide bonds. The number of nitrogens with one attached hydrogen (secondary N) is 2. The van der Waals surface area contributed by atoms with E-state index >= 15 is 0 Å². The van der Waals surface area contributed by atoms with Gasteiger partial charge in [0.15, 0.2) is 0 Å². The van der Waals surface area contributed by atoms with Crippen molar-refractivity contribution < 1.29 is 19.0 Å². The average molecular weight is 495 g/mol. The zero-order valence-corrected chi connectivity index (χ0v) is 22.2. The molecule has 1 fully saturated rings. The number of nitrogens with zero attached hydrogens (tertiary/aromatic N) is 1. The number of fused-ring (bicyclic) bond motifs is 1. The van der Waals surface area contributed by atoms with Crippen LogP contribution in [-0.4, -0.2) is 48.1 Å². The van der Waals surface area contributed by atoms with Crippen molar-refractivity contribution in [2.24, 2.45) is 5.41 Å². The van der Waals surface area contributed by atoms with Gasteiger partial charge in [-0.3, -0.25) is 4.79 Å². The molecular formula is C28H39BFN3O3. The zero-order chi connectivity index (χ0) is 26.1. The van der Waals surface area contributed by atoms with E-state index in [9.17, 15) is 14.3 Å². The first-order valence-electron chi connectivity index (χ1n) is 13.0. The maximum atomic E-state index is 13.7. The molecule has 1 aliphatic carbocycles. The summed E-state index contributed by atoms with van der Waals surface area (Å²) in [7, 11) is 1.71. The maximum Gasteiger partial charge on any atom is 0.218 e. The van der Waals surface area contributed by atoms with E-state index in [0.717, 1.165) is 43.2 Å². The molecule has 0 bridgehead atoms. The molecule has 1 spiro atoms. The number of carbonyl (C=O) groups is 1. The van der Waals surface area contributed by atoms with Crippen LogP contribution < -0.4 is 20.8 Å². The van der Waals surface area contributed by atoms with Gasteiger partial charge in [0, 0.05) is 37.7 Å². The van der Waals surface area contributed by atoms with E-state index < -0.39 is 12.1 Å². The summed E-state index contributed by atoms with van der Waals surface area (Å²) >= 11 is 0. The van der Waals surface area contributed by atoms with Crippen LogP contribution in [-0.2, 0) is 17.6 Å². The van der Waals surface area contributed by atoms with Crippen molar-refractivity contribution in [3.63, 3.8) is 0 Å². The number of aliphatic hydroxyl groups is 1. The highest BCUT2D eigenvalue weighted by Gasteiger charge is 2.46. The summed E-state index contributed by atoms with van der Waals surface area (Å²) in [5, 5.41) is 17.6. The number of hydrogen-bond acceptors (Lipinski definition) is 5. The fraction of sp³-hybridized carbons (Fsp3) is 0.571. The van der Waals surface area contributed by atoms with Gasteiger partial charge in [-0.2, -0.15) is 0 Å². The van der Waals surface area contributed by atoms with Crippen molar-refractivity contribution in [2.45, 2.75) is 90.0 Å². The van der Waals surface area contributed by atoms with Crippen LogP contribution in [0.5, 0.6) is 5.88 Å². The highest BCUT2D eigenvalue weighted by Crippen LogP contribution is 2.48. The third-order valence-electron chi connectivity index (χ3n) is 7.30. The Bertz CT molecular complexity index is 1100. The van der Waals surface area contributed by atoms with Crippen LogP contribution in [0.15, 0.2) is 30.5 Å². The van der Waals surface area contributed by atoms with Crippen molar-refractivity contribution in [2.75, 3.05) is 6.54 Å². The second kappa shape index (κ2) is 10.5. The number of rotatable bonds is 8. The molecular weight excluding hydrogens is 456 g/mol. The normalized spacial score (nSPS) is 20.1. The monoisotopic (exact) mass is 495 g/mol. The van der Waals surface area contributed by atoms with E-state index in [-0.39, 0.29) is 28.8 Å². The van der Waals surface area contributed by atoms with Crippen LogP contribution in [0.3, 0.4) is 0 Å². The van der Waals surface area contributed by atoms with Gasteiger partial charge in [0.2, 0.25) is 11.8 Å². The van der Waals surface area contributed by atoms with Crippen molar-refractivity contribution >= 4 is 19.2 Å². The van der Waals surface area contributed by atoms with E-state index in [2.05, 4.69) is 37.5 Å². The lowest BCUT2D eigenvalue weighted by Crippen LogP contribution is -2.52. The minimum Gasteiger partial charge on any atom is -0.471 e. The molecule has 36 heavy (non-hydrogen) atoms. The van der Waals surface area contributed by atoms with Gasteiger partial charge in [-0.1, -0.05) is 38.4 Å². The van der Waals surface area contributed by atoms with E-state index in [0.29, 0.717) is 24.3 Å². The summed E-state index contributed by atoms with van der Waals surface area (Å²) in [5.74, 6) is 0.212. The van der Waals surface area contributed by atoms with Gasteiger partial charge in [0.25, 0.3) is 0 Å². The summed E-state index contributed by atoms with van der Waals surface area (Å²) in [6.07, 6.45) is 6.42. The minimum atomic E-state index is -0.825. The SMILES string of the molecule is Bc1cc(C[C@H](NC(C)=O)[C@H](O)CN[C@H]2CC3(CCC3)Oc3ncc(CC(C)(C)C)cc32)ccc1F. The predicted octanol–water partition coefficient (Wildman–Crippen LogP) is 2.51. The number of aliphatic hydroxyl groups excluding tert-OH is 1. The molecule has 3 atom stereocenters. The van der Waals surface area contributed by atoms with Crippen LogP contribution in [0.4, 0.5) is 4.39 Å². The summed E-state index contributed by atoms with van der Waals surface area (Å²) < 4.78 is 20.1. The van der Waals surface area contributed by atoms with Gasteiger partial charge >= 0.3 is 0 Å². The highest BCUT2D eigenvalue weighted by atomic mass is 19.1. The first-order valence-corrected chi connectivity index (χ1v) is 13.0. The lowest BCUT2D eigenvalue weighted by Gasteiger charge is -2.47. The fourth-order valence-corrected chi connectivity index (χ4v) is 5.38. The first-order chi connectivity index (χ1) is 16.9. The molecule has 194 valence electrons. The Morgan fingerprint density at radius 2 is 2.06 bits per heavy atom. The van der Waals surface area contributed by atoms with Gasteiger partial charge in [-0.05, 0) is 60.8 Å². The Balaban J connectivity index is 1.50. The molecule has 1 saturated carbocycles. The predicted molar refractivity (Wildman–Crippen MR) is 142 cm³/mol.